The Morgan fingerprint density at radius 3 is 2.35 bits per heavy atom. The smallest absolute Gasteiger partial charge is 0.408 e. The lowest BCUT2D eigenvalue weighted by atomic mass is 10.1. The fraction of sp³-hybridized carbons (Fsp3) is 0.769. The van der Waals surface area contributed by atoms with Gasteiger partial charge in [0, 0.05) is 6.42 Å². The van der Waals surface area contributed by atoms with Crippen molar-refractivity contribution in [3.63, 3.8) is 0 Å². The summed E-state index contributed by atoms with van der Waals surface area (Å²) in [5.41, 5.74) is 4.94. The van der Waals surface area contributed by atoms with E-state index in [1.165, 1.54) is 0 Å². The van der Waals surface area contributed by atoms with Gasteiger partial charge in [-0.1, -0.05) is 0 Å². The molecule has 0 unspecified atom stereocenters. The second kappa shape index (κ2) is 8.52. The van der Waals surface area contributed by atoms with E-state index in [0.717, 1.165) is 0 Å². The molecule has 116 valence electrons. The molecule has 0 saturated heterocycles. The van der Waals surface area contributed by atoms with E-state index in [-0.39, 0.29) is 31.8 Å². The summed E-state index contributed by atoms with van der Waals surface area (Å²) >= 11 is 0. The first-order chi connectivity index (χ1) is 9.15. The molecule has 3 N–H and O–H groups in total. The first-order valence-corrected chi connectivity index (χ1v) is 6.56. The van der Waals surface area contributed by atoms with Gasteiger partial charge >= 0.3 is 12.1 Å². The van der Waals surface area contributed by atoms with Crippen LogP contribution in [0, 0.1) is 0 Å². The van der Waals surface area contributed by atoms with Crippen molar-refractivity contribution in [2.24, 2.45) is 5.73 Å². The van der Waals surface area contributed by atoms with Crippen molar-refractivity contribution in [2.75, 3.05) is 13.2 Å². The summed E-state index contributed by atoms with van der Waals surface area (Å²) in [6.07, 6.45) is -0.371. The zero-order valence-electron chi connectivity index (χ0n) is 12.5. The number of nitrogens with two attached hydrogens (primary N) is 1. The fourth-order valence-corrected chi connectivity index (χ4v) is 1.26. The number of carbonyl (C=O) groups excluding carboxylic acids is 3. The second-order valence-corrected chi connectivity index (χ2v) is 5.29. The van der Waals surface area contributed by atoms with Crippen molar-refractivity contribution >= 4 is 17.8 Å². The lowest BCUT2D eigenvalue weighted by Crippen LogP contribution is -2.36. The third-order valence-corrected chi connectivity index (χ3v) is 2.15. The number of nitrogens with one attached hydrogen (secondary N) is 1. The predicted octanol–water partition coefficient (Wildman–Crippen LogP) is 0.751. The molecule has 0 aromatic heterocycles. The highest BCUT2D eigenvalue weighted by Crippen LogP contribution is 2.06. The maximum Gasteiger partial charge on any atom is 0.408 e. The summed E-state index contributed by atoms with van der Waals surface area (Å²) in [4.78, 5) is 34.1. The van der Waals surface area contributed by atoms with Crippen LogP contribution in [0.2, 0.25) is 0 Å². The van der Waals surface area contributed by atoms with Gasteiger partial charge < -0.3 is 20.5 Å². The van der Waals surface area contributed by atoms with Crippen molar-refractivity contribution in [2.45, 2.75) is 52.2 Å². The van der Waals surface area contributed by atoms with Gasteiger partial charge in [-0.05, 0) is 34.1 Å². The van der Waals surface area contributed by atoms with E-state index >= 15 is 0 Å². The van der Waals surface area contributed by atoms with Crippen LogP contribution in [0.15, 0.2) is 0 Å². The van der Waals surface area contributed by atoms with E-state index in [1.54, 1.807) is 27.7 Å². The van der Waals surface area contributed by atoms with Gasteiger partial charge in [-0.3, -0.25) is 9.59 Å². The largest absolute Gasteiger partial charge is 0.465 e. The molecule has 0 fully saturated rings. The standard InChI is InChI=1S/C13H24N2O5/c1-5-19-11(17)10(14)7-6-9(16)8-15-12(18)20-13(2,3)4/h10H,5-8,14H2,1-4H3,(H,15,18)/t10-/m0/s1. The average Bonchev–Trinajstić information content (AvgIpc) is 2.31. The molecule has 7 heteroatoms. The van der Waals surface area contributed by atoms with Crippen molar-refractivity contribution < 1.29 is 23.9 Å². The van der Waals surface area contributed by atoms with Gasteiger partial charge in [0.15, 0.2) is 5.78 Å². The molecule has 0 saturated carbocycles. The summed E-state index contributed by atoms with van der Waals surface area (Å²) in [6, 6.07) is -0.819. The molecule has 0 aliphatic carbocycles. The summed E-state index contributed by atoms with van der Waals surface area (Å²) in [7, 11) is 0. The number of ketones is 1. The Morgan fingerprint density at radius 1 is 1.25 bits per heavy atom. The molecule has 0 bridgehead atoms. The Morgan fingerprint density at radius 2 is 1.85 bits per heavy atom. The highest BCUT2D eigenvalue weighted by Gasteiger charge is 2.18. The third-order valence-electron chi connectivity index (χ3n) is 2.15. The van der Waals surface area contributed by atoms with Crippen LogP contribution in [0.1, 0.15) is 40.5 Å². The molecule has 20 heavy (non-hydrogen) atoms. The molecule has 1 atom stereocenters. The molecule has 0 rings (SSSR count). The predicted molar refractivity (Wildman–Crippen MR) is 73.1 cm³/mol. The first-order valence-electron chi connectivity index (χ1n) is 6.56. The van der Waals surface area contributed by atoms with E-state index in [2.05, 4.69) is 5.32 Å². The molecule has 0 heterocycles. The fourth-order valence-electron chi connectivity index (χ4n) is 1.26. The van der Waals surface area contributed by atoms with Gasteiger partial charge in [0.05, 0.1) is 13.2 Å². The Labute approximate surface area is 119 Å². The van der Waals surface area contributed by atoms with E-state index < -0.39 is 23.7 Å². The number of rotatable bonds is 7. The molecule has 1 amide bonds. The summed E-state index contributed by atoms with van der Waals surface area (Å²) < 4.78 is 9.71. The monoisotopic (exact) mass is 288 g/mol. The van der Waals surface area contributed by atoms with Gasteiger partial charge in [0.25, 0.3) is 0 Å². The van der Waals surface area contributed by atoms with E-state index in [9.17, 15) is 14.4 Å². The minimum atomic E-state index is -0.819. The van der Waals surface area contributed by atoms with Crippen LogP contribution < -0.4 is 11.1 Å². The van der Waals surface area contributed by atoms with Gasteiger partial charge in [0.1, 0.15) is 11.6 Å². The zero-order chi connectivity index (χ0) is 15.8. The molecule has 7 nitrogen and oxygen atoms in total. The molecular weight excluding hydrogens is 264 g/mol. The van der Waals surface area contributed by atoms with Crippen molar-refractivity contribution in [3.8, 4) is 0 Å². The third kappa shape index (κ3) is 9.32. The number of esters is 1. The number of alkyl carbamates (subject to hydrolysis) is 1. The van der Waals surface area contributed by atoms with Crippen LogP contribution in [0.25, 0.3) is 0 Å². The Hall–Kier alpha value is -1.63. The normalized spacial score (nSPS) is 12.4. The average molecular weight is 288 g/mol. The molecule has 0 aromatic rings. The van der Waals surface area contributed by atoms with Crippen LogP contribution in [0.3, 0.4) is 0 Å². The maximum atomic E-state index is 11.5. The van der Waals surface area contributed by atoms with Crippen molar-refractivity contribution in [1.82, 2.24) is 5.32 Å². The van der Waals surface area contributed by atoms with Crippen molar-refractivity contribution in [3.05, 3.63) is 0 Å². The van der Waals surface area contributed by atoms with E-state index in [4.69, 9.17) is 15.2 Å². The number of Topliss-reactive ketones (excluding diaryl/α,β-unsaturated/α-hetero) is 1. The lowest BCUT2D eigenvalue weighted by Gasteiger charge is -2.19. The van der Waals surface area contributed by atoms with Crippen LogP contribution >= 0.6 is 0 Å². The van der Waals surface area contributed by atoms with Gasteiger partial charge in [-0.25, -0.2) is 4.79 Å². The second-order valence-electron chi connectivity index (χ2n) is 5.29. The molecule has 0 spiro atoms. The SMILES string of the molecule is CCOC(=O)[C@@H](N)CCC(=O)CNC(=O)OC(C)(C)C. The molecule has 0 radical (unpaired) electrons. The Balaban J connectivity index is 3.90. The first kappa shape index (κ1) is 18.4. The van der Waals surface area contributed by atoms with Gasteiger partial charge in [-0.2, -0.15) is 0 Å². The summed E-state index contributed by atoms with van der Waals surface area (Å²) in [5, 5.41) is 2.35. The van der Waals surface area contributed by atoms with Crippen molar-refractivity contribution in [1.29, 1.82) is 0 Å². The van der Waals surface area contributed by atoms with Crippen LogP contribution in [-0.4, -0.2) is 42.6 Å². The van der Waals surface area contributed by atoms with E-state index in [1.807, 2.05) is 0 Å². The highest BCUT2D eigenvalue weighted by atomic mass is 16.6. The lowest BCUT2D eigenvalue weighted by molar-refractivity contribution is -0.144. The maximum absolute atomic E-state index is 11.5. The van der Waals surface area contributed by atoms with Gasteiger partial charge in [0.2, 0.25) is 0 Å². The molecular formula is C13H24N2O5. The Kier molecular flexibility index (Phi) is 7.83. The minimum Gasteiger partial charge on any atom is -0.465 e. The topological polar surface area (TPSA) is 108 Å². The number of hydrogen-bond donors (Lipinski definition) is 2. The van der Waals surface area contributed by atoms with Crippen LogP contribution in [-0.2, 0) is 19.1 Å². The zero-order valence-corrected chi connectivity index (χ0v) is 12.5. The molecule has 0 aliphatic heterocycles. The highest BCUT2D eigenvalue weighted by molar-refractivity contribution is 5.84. The van der Waals surface area contributed by atoms with Crippen LogP contribution in [0.4, 0.5) is 4.79 Å². The van der Waals surface area contributed by atoms with Gasteiger partial charge in [-0.15, -0.1) is 0 Å². The number of ether oxygens (including phenoxy) is 2. The quantitative estimate of drug-likeness (QED) is 0.669. The number of amides is 1. The number of carbonyl (C=O) groups is 3. The van der Waals surface area contributed by atoms with Crippen LogP contribution in [0.5, 0.6) is 0 Å². The number of hydrogen-bond acceptors (Lipinski definition) is 6. The summed E-state index contributed by atoms with van der Waals surface area (Å²) in [6.45, 7) is 6.97. The minimum absolute atomic E-state index is 0.0930. The Bertz CT molecular complexity index is 349. The molecule has 0 aromatic carbocycles. The van der Waals surface area contributed by atoms with E-state index in [0.29, 0.717) is 0 Å². The molecule has 0 aliphatic rings. The summed E-state index contributed by atoms with van der Waals surface area (Å²) in [5.74, 6) is -0.754.